The molecule has 0 bridgehead atoms. The minimum Gasteiger partial charge on any atom is -0.370 e. The van der Waals surface area contributed by atoms with Gasteiger partial charge in [0, 0.05) is 12.1 Å². The van der Waals surface area contributed by atoms with Crippen LogP contribution in [0.2, 0.25) is 5.02 Å². The smallest absolute Gasteiger partial charge is 0.191 e. The van der Waals surface area contributed by atoms with Crippen molar-refractivity contribution in [1.82, 2.24) is 4.90 Å². The van der Waals surface area contributed by atoms with Crippen LogP contribution in [0.5, 0.6) is 0 Å². The maximum atomic E-state index is 6.17. The van der Waals surface area contributed by atoms with Crippen LogP contribution in [0.15, 0.2) is 29.3 Å². The van der Waals surface area contributed by atoms with Crippen LogP contribution in [0.1, 0.15) is 50.6 Å². The lowest BCUT2D eigenvalue weighted by Gasteiger charge is -2.28. The summed E-state index contributed by atoms with van der Waals surface area (Å²) in [6.45, 7) is 2.12. The molecule has 2 rings (SSSR count). The van der Waals surface area contributed by atoms with E-state index in [0.29, 0.717) is 12.0 Å². The number of rotatable bonds is 3. The molecule has 0 saturated heterocycles. The van der Waals surface area contributed by atoms with E-state index < -0.39 is 0 Å². The van der Waals surface area contributed by atoms with Gasteiger partial charge in [0.2, 0.25) is 0 Å². The molecule has 0 aromatic heterocycles. The monoisotopic (exact) mass is 293 g/mol. The van der Waals surface area contributed by atoms with Gasteiger partial charge in [-0.3, -0.25) is 0 Å². The summed E-state index contributed by atoms with van der Waals surface area (Å²) < 4.78 is 0. The zero-order chi connectivity index (χ0) is 14.5. The van der Waals surface area contributed by atoms with Gasteiger partial charge in [-0.25, -0.2) is 4.99 Å². The highest BCUT2D eigenvalue weighted by atomic mass is 35.5. The van der Waals surface area contributed by atoms with E-state index in [9.17, 15) is 0 Å². The van der Waals surface area contributed by atoms with E-state index in [1.54, 1.807) is 0 Å². The van der Waals surface area contributed by atoms with Crippen molar-refractivity contribution in [3.05, 3.63) is 34.9 Å². The first-order chi connectivity index (χ1) is 9.58. The Morgan fingerprint density at radius 2 is 2.05 bits per heavy atom. The highest BCUT2D eigenvalue weighted by Crippen LogP contribution is 2.23. The molecule has 1 fully saturated rings. The molecule has 110 valence electrons. The fraction of sp³-hybridized carbons (Fsp3) is 0.562. The van der Waals surface area contributed by atoms with Crippen LogP contribution in [0, 0.1) is 0 Å². The minimum atomic E-state index is 0.168. The zero-order valence-electron chi connectivity index (χ0n) is 12.3. The maximum Gasteiger partial charge on any atom is 0.191 e. The molecule has 1 saturated carbocycles. The summed E-state index contributed by atoms with van der Waals surface area (Å²) in [5.74, 6) is 0.629. The number of benzene rings is 1. The Balaban J connectivity index is 2.05. The van der Waals surface area contributed by atoms with Crippen molar-refractivity contribution >= 4 is 17.6 Å². The van der Waals surface area contributed by atoms with Gasteiger partial charge in [-0.15, -0.1) is 0 Å². The standard InChI is InChI=1S/C16H24ClN3/c1-12(13-7-6-8-14(17)11-13)20(2)16(18)19-15-9-4-3-5-10-15/h6-8,11-12,15H,3-5,9-10H2,1-2H3,(H2,18,19). The van der Waals surface area contributed by atoms with Crippen molar-refractivity contribution in [3.63, 3.8) is 0 Å². The van der Waals surface area contributed by atoms with Crippen molar-refractivity contribution in [2.45, 2.75) is 51.1 Å². The number of hydrogen-bond donors (Lipinski definition) is 1. The molecule has 4 heteroatoms. The first kappa shape index (κ1) is 15.2. The summed E-state index contributed by atoms with van der Waals surface area (Å²) in [5, 5.41) is 0.755. The number of guanidine groups is 1. The molecule has 20 heavy (non-hydrogen) atoms. The molecule has 1 atom stereocenters. The van der Waals surface area contributed by atoms with Crippen molar-refractivity contribution in [2.24, 2.45) is 10.7 Å². The fourth-order valence-electron chi connectivity index (χ4n) is 2.68. The predicted octanol–water partition coefficient (Wildman–Crippen LogP) is 3.98. The normalized spacial score (nSPS) is 18.9. The Morgan fingerprint density at radius 3 is 2.70 bits per heavy atom. The number of hydrogen-bond acceptors (Lipinski definition) is 1. The summed E-state index contributed by atoms with van der Waals surface area (Å²) in [6, 6.07) is 8.48. The number of aliphatic imine (C=N–C) groups is 1. The van der Waals surface area contributed by atoms with Crippen molar-refractivity contribution in [3.8, 4) is 0 Å². The van der Waals surface area contributed by atoms with E-state index in [1.165, 1.54) is 32.1 Å². The Kier molecular flexibility index (Phi) is 5.30. The van der Waals surface area contributed by atoms with E-state index in [0.717, 1.165) is 10.6 Å². The Hall–Kier alpha value is -1.22. The summed E-state index contributed by atoms with van der Waals surface area (Å²) in [7, 11) is 1.99. The Morgan fingerprint density at radius 1 is 1.35 bits per heavy atom. The second-order valence-electron chi connectivity index (χ2n) is 5.62. The fourth-order valence-corrected chi connectivity index (χ4v) is 2.88. The van der Waals surface area contributed by atoms with E-state index in [-0.39, 0.29) is 6.04 Å². The van der Waals surface area contributed by atoms with E-state index in [2.05, 4.69) is 13.0 Å². The topological polar surface area (TPSA) is 41.6 Å². The van der Waals surface area contributed by atoms with Gasteiger partial charge in [-0.1, -0.05) is 43.0 Å². The first-order valence-electron chi connectivity index (χ1n) is 7.39. The molecular formula is C16H24ClN3. The third-order valence-electron chi connectivity index (χ3n) is 4.16. The van der Waals surface area contributed by atoms with Gasteiger partial charge >= 0.3 is 0 Å². The van der Waals surface area contributed by atoms with Crippen LogP contribution in [-0.2, 0) is 0 Å². The average Bonchev–Trinajstić information content (AvgIpc) is 2.46. The molecule has 1 aromatic carbocycles. The molecule has 2 N–H and O–H groups in total. The third kappa shape index (κ3) is 3.89. The highest BCUT2D eigenvalue weighted by Gasteiger charge is 2.17. The maximum absolute atomic E-state index is 6.17. The summed E-state index contributed by atoms with van der Waals surface area (Å²) in [6.07, 6.45) is 6.21. The molecule has 0 radical (unpaired) electrons. The minimum absolute atomic E-state index is 0.168. The van der Waals surface area contributed by atoms with Gasteiger partial charge in [0.25, 0.3) is 0 Å². The number of nitrogens with two attached hydrogens (primary N) is 1. The van der Waals surface area contributed by atoms with Crippen molar-refractivity contribution in [1.29, 1.82) is 0 Å². The SMILES string of the molecule is CC(c1cccc(Cl)c1)N(C)C(N)=NC1CCCCC1. The predicted molar refractivity (Wildman–Crippen MR) is 86.1 cm³/mol. The van der Waals surface area contributed by atoms with Gasteiger partial charge in [-0.05, 0) is 37.5 Å². The quantitative estimate of drug-likeness (QED) is 0.676. The van der Waals surface area contributed by atoms with Crippen LogP contribution in [0.25, 0.3) is 0 Å². The molecule has 1 aromatic rings. The summed E-state index contributed by atoms with van der Waals surface area (Å²) >= 11 is 6.05. The molecule has 0 heterocycles. The van der Waals surface area contributed by atoms with Crippen LogP contribution in [-0.4, -0.2) is 23.9 Å². The lowest BCUT2D eigenvalue weighted by molar-refractivity contribution is 0.384. The third-order valence-corrected chi connectivity index (χ3v) is 4.40. The van der Waals surface area contributed by atoms with Gasteiger partial charge < -0.3 is 10.6 Å². The largest absolute Gasteiger partial charge is 0.370 e. The van der Waals surface area contributed by atoms with E-state index >= 15 is 0 Å². The van der Waals surface area contributed by atoms with E-state index in [4.69, 9.17) is 22.3 Å². The number of nitrogens with zero attached hydrogens (tertiary/aromatic N) is 2. The molecule has 0 amide bonds. The Labute approximate surface area is 126 Å². The molecular weight excluding hydrogens is 270 g/mol. The molecule has 1 unspecified atom stereocenters. The summed E-state index contributed by atoms with van der Waals surface area (Å²) in [4.78, 5) is 6.72. The zero-order valence-corrected chi connectivity index (χ0v) is 13.1. The van der Waals surface area contributed by atoms with Crippen LogP contribution >= 0.6 is 11.6 Å². The van der Waals surface area contributed by atoms with E-state index in [1.807, 2.05) is 30.1 Å². The second kappa shape index (κ2) is 6.98. The lowest BCUT2D eigenvalue weighted by atomic mass is 9.96. The van der Waals surface area contributed by atoms with Crippen molar-refractivity contribution in [2.75, 3.05) is 7.05 Å². The summed E-state index contributed by atoms with van der Waals surface area (Å²) in [5.41, 5.74) is 7.32. The number of halogens is 1. The van der Waals surface area contributed by atoms with Crippen LogP contribution in [0.4, 0.5) is 0 Å². The Bertz CT molecular complexity index is 467. The first-order valence-corrected chi connectivity index (χ1v) is 7.77. The van der Waals surface area contributed by atoms with Gasteiger partial charge in [0.05, 0.1) is 12.1 Å². The van der Waals surface area contributed by atoms with Gasteiger partial charge in [0.15, 0.2) is 5.96 Å². The lowest BCUT2D eigenvalue weighted by Crippen LogP contribution is -2.37. The van der Waals surface area contributed by atoms with Crippen LogP contribution in [0.3, 0.4) is 0 Å². The second-order valence-corrected chi connectivity index (χ2v) is 6.06. The molecule has 0 aliphatic heterocycles. The highest BCUT2D eigenvalue weighted by molar-refractivity contribution is 6.30. The average molecular weight is 294 g/mol. The van der Waals surface area contributed by atoms with Gasteiger partial charge in [0.1, 0.15) is 0 Å². The molecule has 1 aliphatic rings. The molecule has 3 nitrogen and oxygen atoms in total. The van der Waals surface area contributed by atoms with Gasteiger partial charge in [-0.2, -0.15) is 0 Å². The molecule has 0 spiro atoms. The van der Waals surface area contributed by atoms with Crippen LogP contribution < -0.4 is 5.73 Å². The van der Waals surface area contributed by atoms with Crippen molar-refractivity contribution < 1.29 is 0 Å². The molecule has 1 aliphatic carbocycles.